The predicted molar refractivity (Wildman–Crippen MR) is 124 cm³/mol. The highest BCUT2D eigenvalue weighted by Gasteiger charge is 2.37. The molecule has 1 unspecified atom stereocenters. The first kappa shape index (κ1) is 18.1. The third kappa shape index (κ3) is 2.70. The van der Waals surface area contributed by atoms with Crippen molar-refractivity contribution in [3.05, 3.63) is 58.4 Å². The molecule has 30 heavy (non-hydrogen) atoms. The molecule has 0 spiro atoms. The molecule has 3 aliphatic heterocycles. The first-order valence-electron chi connectivity index (χ1n) is 9.91. The van der Waals surface area contributed by atoms with Crippen LogP contribution in [0.1, 0.15) is 9.67 Å². The quantitative estimate of drug-likeness (QED) is 0.615. The van der Waals surface area contributed by atoms with Gasteiger partial charge in [-0.2, -0.15) is 0 Å². The number of halogens is 1. The number of rotatable bonds is 2. The van der Waals surface area contributed by atoms with E-state index in [1.54, 1.807) is 4.90 Å². The average Bonchev–Trinajstić information content (AvgIpc) is 3.43. The Labute approximate surface area is 183 Å². The van der Waals surface area contributed by atoms with Crippen molar-refractivity contribution < 1.29 is 4.79 Å². The van der Waals surface area contributed by atoms with Crippen LogP contribution in [0.5, 0.6) is 0 Å². The van der Waals surface area contributed by atoms with Gasteiger partial charge in [0.2, 0.25) is 0 Å². The molecule has 4 heterocycles. The third-order valence-corrected chi connectivity index (χ3v) is 7.44. The number of nitrogens with zero attached hydrogens (tertiary/aromatic N) is 3. The Bertz CT molecular complexity index is 1160. The molecule has 152 valence electrons. The van der Waals surface area contributed by atoms with Crippen LogP contribution in [0.25, 0.3) is 10.4 Å². The van der Waals surface area contributed by atoms with E-state index in [4.69, 9.17) is 11.6 Å². The number of hydrogen-bond acceptors (Lipinski definition) is 6. The number of amides is 1. The minimum atomic E-state index is 0.0320. The highest BCUT2D eigenvalue weighted by Crippen LogP contribution is 2.42. The molecule has 1 amide bonds. The summed E-state index contributed by atoms with van der Waals surface area (Å²) in [6.45, 7) is 2.51. The number of hydrogen-bond donors (Lipinski definition) is 2. The molecule has 0 saturated carbocycles. The molecule has 1 aromatic heterocycles. The molecule has 2 N–H and O–H groups in total. The van der Waals surface area contributed by atoms with E-state index in [-0.39, 0.29) is 12.2 Å². The van der Waals surface area contributed by atoms with Gasteiger partial charge in [-0.3, -0.25) is 14.6 Å². The molecule has 2 aromatic carbocycles. The lowest BCUT2D eigenvalue weighted by atomic mass is 10.1. The smallest absolute Gasteiger partial charge is 0.271 e. The number of thiophene rings is 1. The number of fused-ring (bicyclic) bond motifs is 4. The zero-order valence-electron chi connectivity index (χ0n) is 16.4. The van der Waals surface area contributed by atoms with Crippen LogP contribution in [-0.4, -0.2) is 43.9 Å². The molecule has 6 rings (SSSR count). The van der Waals surface area contributed by atoms with E-state index < -0.39 is 0 Å². The highest BCUT2D eigenvalue weighted by molar-refractivity contribution is 7.18. The first-order chi connectivity index (χ1) is 14.6. The normalized spacial score (nSPS) is 19.9. The van der Waals surface area contributed by atoms with Gasteiger partial charge in [0.1, 0.15) is 4.88 Å². The molecule has 1 fully saturated rings. The van der Waals surface area contributed by atoms with Crippen LogP contribution in [-0.2, 0) is 0 Å². The fourth-order valence-corrected chi connectivity index (χ4v) is 5.61. The SMILES string of the molecule is CN1CCN2c3ccc(N4CNc5cc(-c6ccc(Cl)cc6)sc5C4=O)cc3NC12. The van der Waals surface area contributed by atoms with Crippen molar-refractivity contribution in [1.29, 1.82) is 0 Å². The summed E-state index contributed by atoms with van der Waals surface area (Å²) in [5.41, 5.74) is 5.14. The van der Waals surface area contributed by atoms with Gasteiger partial charge < -0.3 is 15.5 Å². The van der Waals surface area contributed by atoms with Crippen LogP contribution in [0.4, 0.5) is 22.7 Å². The molecule has 1 atom stereocenters. The summed E-state index contributed by atoms with van der Waals surface area (Å²) in [6, 6.07) is 16.0. The molecule has 3 aliphatic rings. The van der Waals surface area contributed by atoms with Gasteiger partial charge in [0, 0.05) is 28.7 Å². The lowest BCUT2D eigenvalue weighted by Gasteiger charge is -2.28. The highest BCUT2D eigenvalue weighted by atomic mass is 35.5. The van der Waals surface area contributed by atoms with Gasteiger partial charge >= 0.3 is 0 Å². The summed E-state index contributed by atoms with van der Waals surface area (Å²) in [4.78, 5) is 21.6. The summed E-state index contributed by atoms with van der Waals surface area (Å²) in [5.74, 6) is 0.0320. The molecule has 0 bridgehead atoms. The molecule has 0 aliphatic carbocycles. The number of benzene rings is 2. The Balaban J connectivity index is 1.30. The number of carbonyl (C=O) groups is 1. The fourth-order valence-electron chi connectivity index (χ4n) is 4.39. The molecular formula is C22H20ClN5OS. The largest absolute Gasteiger partial charge is 0.366 e. The molecule has 6 nitrogen and oxygen atoms in total. The summed E-state index contributed by atoms with van der Waals surface area (Å²) in [6.07, 6.45) is 0.205. The second-order valence-corrected chi connectivity index (χ2v) is 9.31. The van der Waals surface area contributed by atoms with Crippen LogP contribution in [0, 0.1) is 0 Å². The molecule has 3 aromatic rings. The van der Waals surface area contributed by atoms with Gasteiger partial charge in [-0.25, -0.2) is 0 Å². The van der Waals surface area contributed by atoms with E-state index in [1.165, 1.54) is 17.0 Å². The van der Waals surface area contributed by atoms with Gasteiger partial charge in [-0.1, -0.05) is 23.7 Å². The molecule has 1 saturated heterocycles. The number of nitrogens with one attached hydrogen (secondary N) is 2. The summed E-state index contributed by atoms with van der Waals surface area (Å²) >= 11 is 7.52. The van der Waals surface area contributed by atoms with Crippen LogP contribution in [0.2, 0.25) is 5.02 Å². The van der Waals surface area contributed by atoms with E-state index in [9.17, 15) is 4.79 Å². The Hall–Kier alpha value is -2.74. The van der Waals surface area contributed by atoms with Crippen molar-refractivity contribution in [1.82, 2.24) is 4.90 Å². The van der Waals surface area contributed by atoms with E-state index in [0.29, 0.717) is 11.7 Å². The Morgan fingerprint density at radius 2 is 1.90 bits per heavy atom. The van der Waals surface area contributed by atoms with E-state index in [2.05, 4.69) is 39.6 Å². The summed E-state index contributed by atoms with van der Waals surface area (Å²) in [5, 5.41) is 7.69. The van der Waals surface area contributed by atoms with Gasteiger partial charge in [-0.15, -0.1) is 11.3 Å². The number of carbonyl (C=O) groups excluding carboxylic acids is 1. The summed E-state index contributed by atoms with van der Waals surface area (Å²) < 4.78 is 0. The third-order valence-electron chi connectivity index (χ3n) is 6.02. The van der Waals surface area contributed by atoms with Crippen LogP contribution >= 0.6 is 22.9 Å². The van der Waals surface area contributed by atoms with Gasteiger partial charge in [0.05, 0.1) is 23.7 Å². The number of anilines is 4. The van der Waals surface area contributed by atoms with Crippen molar-refractivity contribution >= 4 is 51.6 Å². The lowest BCUT2D eigenvalue weighted by molar-refractivity contribution is 0.0990. The Morgan fingerprint density at radius 1 is 1.07 bits per heavy atom. The summed E-state index contributed by atoms with van der Waals surface area (Å²) in [7, 11) is 2.12. The van der Waals surface area contributed by atoms with Crippen molar-refractivity contribution in [2.24, 2.45) is 0 Å². The topological polar surface area (TPSA) is 50.9 Å². The zero-order chi connectivity index (χ0) is 20.4. The molecule has 0 radical (unpaired) electrons. The van der Waals surface area contributed by atoms with Crippen molar-refractivity contribution in [3.8, 4) is 10.4 Å². The average molecular weight is 438 g/mol. The van der Waals surface area contributed by atoms with Crippen LogP contribution in [0.15, 0.2) is 48.5 Å². The van der Waals surface area contributed by atoms with Crippen molar-refractivity contribution in [2.75, 3.05) is 47.2 Å². The minimum Gasteiger partial charge on any atom is -0.366 e. The van der Waals surface area contributed by atoms with Crippen molar-refractivity contribution in [2.45, 2.75) is 6.29 Å². The van der Waals surface area contributed by atoms with E-state index >= 15 is 0 Å². The second kappa shape index (κ2) is 6.63. The Morgan fingerprint density at radius 3 is 2.73 bits per heavy atom. The van der Waals surface area contributed by atoms with Gasteiger partial charge in [0.25, 0.3) is 5.91 Å². The van der Waals surface area contributed by atoms with E-state index in [0.717, 1.165) is 45.5 Å². The minimum absolute atomic E-state index is 0.0320. The standard InChI is InChI=1S/C22H20ClN5OS/c1-26-8-9-27-18-7-6-15(10-16(18)25-22(26)27)28-12-24-17-11-19(30-20(17)21(28)29)13-2-4-14(23)5-3-13/h2-7,10-11,22,24-25H,8-9,12H2,1H3. The van der Waals surface area contributed by atoms with E-state index in [1.807, 2.05) is 36.4 Å². The maximum Gasteiger partial charge on any atom is 0.271 e. The Kier molecular flexibility index (Phi) is 3.99. The predicted octanol–water partition coefficient (Wildman–Crippen LogP) is 4.56. The zero-order valence-corrected chi connectivity index (χ0v) is 17.9. The van der Waals surface area contributed by atoms with Crippen LogP contribution < -0.4 is 20.4 Å². The van der Waals surface area contributed by atoms with Crippen molar-refractivity contribution in [3.63, 3.8) is 0 Å². The fraction of sp³-hybridized carbons (Fsp3) is 0.227. The maximum absolute atomic E-state index is 13.3. The number of likely N-dealkylation sites (N-methyl/N-ethyl adjacent to an activating group) is 1. The molecular weight excluding hydrogens is 418 g/mol. The maximum atomic E-state index is 13.3. The second-order valence-electron chi connectivity index (χ2n) is 7.82. The van der Waals surface area contributed by atoms with Crippen LogP contribution in [0.3, 0.4) is 0 Å². The first-order valence-corrected chi connectivity index (χ1v) is 11.1. The van der Waals surface area contributed by atoms with Gasteiger partial charge in [-0.05, 0) is 49.0 Å². The molecule has 8 heteroatoms. The van der Waals surface area contributed by atoms with Gasteiger partial charge in [0.15, 0.2) is 6.29 Å². The monoisotopic (exact) mass is 437 g/mol. The lowest BCUT2D eigenvalue weighted by Crippen LogP contribution is -2.39.